The van der Waals surface area contributed by atoms with Gasteiger partial charge in [-0.05, 0) is 70.1 Å². The molecule has 1 aromatic carbocycles. The molecule has 0 aliphatic rings. The van der Waals surface area contributed by atoms with Gasteiger partial charge in [0.05, 0.1) is 0 Å². The van der Waals surface area contributed by atoms with Crippen LogP contribution < -0.4 is 0 Å². The van der Waals surface area contributed by atoms with Gasteiger partial charge in [-0.15, -0.1) is 6.58 Å². The zero-order chi connectivity index (χ0) is 21.0. The number of benzene rings is 1. The molecule has 0 saturated heterocycles. The molecule has 0 aliphatic heterocycles. The SMILES string of the molecule is C=C(C)CCc1ccc(C)c(CCC(/C=C\C)=C/C)c1.CC.CC.CC. The van der Waals surface area contributed by atoms with Crippen LogP contribution in [0.4, 0.5) is 0 Å². The summed E-state index contributed by atoms with van der Waals surface area (Å²) in [7, 11) is 0. The molecule has 0 amide bonds. The van der Waals surface area contributed by atoms with Gasteiger partial charge in [0.1, 0.15) is 0 Å². The molecule has 0 bridgehead atoms. The van der Waals surface area contributed by atoms with E-state index in [1.165, 1.54) is 27.8 Å². The normalized spacial score (nSPS) is 10.0. The largest absolute Gasteiger partial charge is 0.100 e. The lowest BCUT2D eigenvalue weighted by atomic mass is 9.96. The van der Waals surface area contributed by atoms with E-state index in [2.05, 4.69) is 70.7 Å². The maximum absolute atomic E-state index is 3.99. The predicted molar refractivity (Wildman–Crippen MR) is 125 cm³/mol. The Kier molecular flexibility index (Phi) is 24.1. The minimum absolute atomic E-state index is 1.08. The third kappa shape index (κ3) is 14.8. The Hall–Kier alpha value is -1.56. The lowest BCUT2D eigenvalue weighted by Crippen LogP contribution is -1.95. The van der Waals surface area contributed by atoms with E-state index in [1.807, 2.05) is 41.5 Å². The number of rotatable bonds is 7. The highest BCUT2D eigenvalue weighted by Crippen LogP contribution is 2.18. The van der Waals surface area contributed by atoms with Crippen molar-refractivity contribution in [2.45, 2.75) is 94.9 Å². The van der Waals surface area contributed by atoms with E-state index in [-0.39, 0.29) is 0 Å². The van der Waals surface area contributed by atoms with Crippen LogP contribution in [0.5, 0.6) is 0 Å². The highest BCUT2D eigenvalue weighted by Gasteiger charge is 2.02. The molecule has 0 aromatic heterocycles. The molecule has 0 radical (unpaired) electrons. The quantitative estimate of drug-likeness (QED) is 0.337. The monoisotopic (exact) mass is 358 g/mol. The molecule has 0 nitrogen and oxygen atoms in total. The molecule has 0 heteroatoms. The summed E-state index contributed by atoms with van der Waals surface area (Å²) < 4.78 is 0. The van der Waals surface area contributed by atoms with Gasteiger partial charge >= 0.3 is 0 Å². The van der Waals surface area contributed by atoms with E-state index >= 15 is 0 Å². The van der Waals surface area contributed by atoms with Crippen molar-refractivity contribution in [1.82, 2.24) is 0 Å². The van der Waals surface area contributed by atoms with Crippen molar-refractivity contribution in [2.75, 3.05) is 0 Å². The maximum Gasteiger partial charge on any atom is -0.0236 e. The Morgan fingerprint density at radius 2 is 1.50 bits per heavy atom. The van der Waals surface area contributed by atoms with Crippen molar-refractivity contribution in [2.24, 2.45) is 0 Å². The van der Waals surface area contributed by atoms with Crippen LogP contribution in [0.1, 0.15) is 91.8 Å². The summed E-state index contributed by atoms with van der Waals surface area (Å²) >= 11 is 0. The second-order valence-corrected chi connectivity index (χ2v) is 5.58. The smallest absolute Gasteiger partial charge is 0.0236 e. The summed E-state index contributed by atoms with van der Waals surface area (Å²) in [5.74, 6) is 0. The van der Waals surface area contributed by atoms with Crippen LogP contribution in [-0.2, 0) is 12.8 Å². The van der Waals surface area contributed by atoms with Gasteiger partial charge in [0.15, 0.2) is 0 Å². The minimum Gasteiger partial charge on any atom is -0.100 e. The first-order valence-electron chi connectivity index (χ1n) is 10.6. The van der Waals surface area contributed by atoms with Crippen molar-refractivity contribution in [1.29, 1.82) is 0 Å². The molecule has 0 spiro atoms. The predicted octanol–water partition coefficient (Wildman–Crippen LogP) is 9.04. The molecule has 0 fully saturated rings. The van der Waals surface area contributed by atoms with Gasteiger partial charge in [0, 0.05) is 0 Å². The third-order valence-corrected chi connectivity index (χ3v) is 3.69. The summed E-state index contributed by atoms with van der Waals surface area (Å²) in [6.07, 6.45) is 11.0. The first-order chi connectivity index (χ1) is 12.6. The topological polar surface area (TPSA) is 0 Å². The van der Waals surface area contributed by atoms with E-state index in [9.17, 15) is 0 Å². The summed E-state index contributed by atoms with van der Waals surface area (Å²) in [5, 5.41) is 0. The van der Waals surface area contributed by atoms with Crippen LogP contribution in [0, 0.1) is 6.92 Å². The fraction of sp³-hybridized carbons (Fsp3) is 0.538. The van der Waals surface area contributed by atoms with Crippen molar-refractivity contribution < 1.29 is 0 Å². The molecule has 0 atom stereocenters. The van der Waals surface area contributed by atoms with Gasteiger partial charge in [-0.2, -0.15) is 0 Å². The molecule has 0 saturated carbocycles. The Balaban J connectivity index is -0.000000795. The number of allylic oxidation sites excluding steroid dienone is 5. The van der Waals surface area contributed by atoms with Crippen LogP contribution in [-0.4, -0.2) is 0 Å². The molecular weight excluding hydrogens is 312 g/mol. The summed E-state index contributed by atoms with van der Waals surface area (Å²) in [5.41, 5.74) is 6.99. The molecule has 0 aliphatic carbocycles. The standard InChI is InChI=1S/C20H28.3C2H6/c1-6-8-18(7-2)13-14-20-15-19(11-9-16(3)4)12-10-17(20)5;3*1-2/h6-8,10,12,15H,3,9,11,13-14H2,1-2,4-5H3;3*1-2H3/b8-6-,18-7+;;;. The van der Waals surface area contributed by atoms with Gasteiger partial charge in [0.2, 0.25) is 0 Å². The van der Waals surface area contributed by atoms with Gasteiger partial charge in [-0.1, -0.05) is 89.1 Å². The highest BCUT2D eigenvalue weighted by atomic mass is 14.1. The first kappa shape index (κ1) is 29.2. The van der Waals surface area contributed by atoms with E-state index in [4.69, 9.17) is 0 Å². The van der Waals surface area contributed by atoms with Crippen molar-refractivity contribution in [3.8, 4) is 0 Å². The van der Waals surface area contributed by atoms with Gasteiger partial charge in [-0.3, -0.25) is 0 Å². The molecular formula is C26H46. The molecule has 26 heavy (non-hydrogen) atoms. The summed E-state index contributed by atoms with van der Waals surface area (Å²) in [4.78, 5) is 0. The van der Waals surface area contributed by atoms with Gasteiger partial charge in [0.25, 0.3) is 0 Å². The van der Waals surface area contributed by atoms with E-state index in [0.29, 0.717) is 0 Å². The minimum atomic E-state index is 1.08. The maximum atomic E-state index is 3.99. The molecule has 1 aromatic rings. The molecule has 0 heterocycles. The van der Waals surface area contributed by atoms with E-state index < -0.39 is 0 Å². The number of hydrogen-bond acceptors (Lipinski definition) is 0. The Labute approximate surface area is 166 Å². The molecule has 0 unspecified atom stereocenters. The fourth-order valence-corrected chi connectivity index (χ4v) is 2.32. The number of aryl methyl sites for hydroxylation is 3. The van der Waals surface area contributed by atoms with E-state index in [1.54, 1.807) is 0 Å². The van der Waals surface area contributed by atoms with Crippen molar-refractivity contribution in [3.05, 3.63) is 70.8 Å². The highest BCUT2D eigenvalue weighted by molar-refractivity contribution is 5.33. The van der Waals surface area contributed by atoms with Crippen LogP contribution in [0.2, 0.25) is 0 Å². The Bertz CT molecular complexity index is 501. The Morgan fingerprint density at radius 3 is 1.96 bits per heavy atom. The van der Waals surface area contributed by atoms with Crippen molar-refractivity contribution in [3.63, 3.8) is 0 Å². The average Bonchev–Trinajstić information content (AvgIpc) is 2.69. The zero-order valence-electron chi connectivity index (χ0n) is 19.5. The van der Waals surface area contributed by atoms with Crippen LogP contribution >= 0.6 is 0 Å². The lowest BCUT2D eigenvalue weighted by Gasteiger charge is -2.10. The summed E-state index contributed by atoms with van der Waals surface area (Å²) in [6, 6.07) is 6.89. The second kappa shape index (κ2) is 21.5. The third-order valence-electron chi connectivity index (χ3n) is 3.69. The van der Waals surface area contributed by atoms with Crippen LogP contribution in [0.15, 0.2) is 54.2 Å². The zero-order valence-corrected chi connectivity index (χ0v) is 19.5. The molecule has 150 valence electrons. The molecule has 0 N–H and O–H groups in total. The Morgan fingerprint density at radius 1 is 0.923 bits per heavy atom. The fourth-order valence-electron chi connectivity index (χ4n) is 2.32. The van der Waals surface area contributed by atoms with Crippen LogP contribution in [0.25, 0.3) is 0 Å². The number of hydrogen-bond donors (Lipinski definition) is 0. The van der Waals surface area contributed by atoms with Gasteiger partial charge < -0.3 is 0 Å². The lowest BCUT2D eigenvalue weighted by molar-refractivity contribution is 0.917. The van der Waals surface area contributed by atoms with Crippen LogP contribution in [0.3, 0.4) is 0 Å². The van der Waals surface area contributed by atoms with Gasteiger partial charge in [-0.25, -0.2) is 0 Å². The van der Waals surface area contributed by atoms with E-state index in [0.717, 1.165) is 25.7 Å². The molecule has 1 rings (SSSR count). The first-order valence-corrected chi connectivity index (χ1v) is 10.6. The summed E-state index contributed by atoms with van der Waals surface area (Å²) in [6.45, 7) is 24.5. The second-order valence-electron chi connectivity index (χ2n) is 5.58. The average molecular weight is 359 g/mol. The van der Waals surface area contributed by atoms with Crippen molar-refractivity contribution >= 4 is 0 Å².